The van der Waals surface area contributed by atoms with E-state index in [-0.39, 0.29) is 0 Å². The molecule has 94 valence electrons. The highest BCUT2D eigenvalue weighted by Gasteiger charge is 2.17. The number of halogens is 2. The normalized spacial score (nSPS) is 21.5. The van der Waals surface area contributed by atoms with Crippen LogP contribution in [0.1, 0.15) is 26.2 Å². The van der Waals surface area contributed by atoms with Crippen molar-refractivity contribution in [1.82, 2.24) is 10.3 Å². The minimum Gasteiger partial charge on any atom is -0.380 e. The zero-order valence-electron chi connectivity index (χ0n) is 9.84. The number of aromatic nitrogens is 1. The third-order valence-corrected chi connectivity index (χ3v) is 3.74. The van der Waals surface area contributed by atoms with Gasteiger partial charge in [0.2, 0.25) is 0 Å². The van der Waals surface area contributed by atoms with Crippen molar-refractivity contribution < 1.29 is 0 Å². The predicted octanol–water partition coefficient (Wildman–Crippen LogP) is 3.44. The summed E-state index contributed by atoms with van der Waals surface area (Å²) in [5.41, 5.74) is 0.895. The van der Waals surface area contributed by atoms with Crippen LogP contribution in [0, 0.1) is 0 Å². The molecule has 2 atom stereocenters. The number of rotatable bonds is 4. The Bertz CT molecular complexity index is 380. The molecule has 0 amide bonds. The van der Waals surface area contributed by atoms with E-state index in [4.69, 9.17) is 11.6 Å². The fraction of sp³-hybridized carbons (Fsp3) is 0.583. The summed E-state index contributed by atoms with van der Waals surface area (Å²) < 4.78 is 0.940. The Balaban J connectivity index is 1.92. The van der Waals surface area contributed by atoms with Crippen molar-refractivity contribution in [2.45, 2.75) is 38.3 Å². The SMILES string of the molecule is CC(CC1CCCN1)Nc1cc(Br)cnc1Cl. The van der Waals surface area contributed by atoms with Crippen LogP contribution in [-0.2, 0) is 0 Å². The van der Waals surface area contributed by atoms with Crippen molar-refractivity contribution in [2.75, 3.05) is 11.9 Å². The van der Waals surface area contributed by atoms with Crippen LogP contribution in [0.5, 0.6) is 0 Å². The van der Waals surface area contributed by atoms with Crippen LogP contribution in [0.2, 0.25) is 5.15 Å². The topological polar surface area (TPSA) is 37.0 Å². The fourth-order valence-electron chi connectivity index (χ4n) is 2.23. The first-order chi connectivity index (χ1) is 8.15. The lowest BCUT2D eigenvalue weighted by Gasteiger charge is -2.19. The van der Waals surface area contributed by atoms with Gasteiger partial charge in [-0.2, -0.15) is 0 Å². The average Bonchev–Trinajstić information content (AvgIpc) is 2.76. The molecule has 0 saturated carbocycles. The third-order valence-electron chi connectivity index (χ3n) is 3.01. The molecule has 0 spiro atoms. The van der Waals surface area contributed by atoms with E-state index in [9.17, 15) is 0 Å². The van der Waals surface area contributed by atoms with Gasteiger partial charge >= 0.3 is 0 Å². The van der Waals surface area contributed by atoms with E-state index < -0.39 is 0 Å². The van der Waals surface area contributed by atoms with Crippen molar-refractivity contribution in [3.8, 4) is 0 Å². The van der Waals surface area contributed by atoms with Crippen molar-refractivity contribution >= 4 is 33.2 Å². The first-order valence-corrected chi connectivity index (χ1v) is 7.13. The molecule has 1 aliphatic rings. The molecular weight excluding hydrogens is 302 g/mol. The number of nitrogens with zero attached hydrogens (tertiary/aromatic N) is 1. The van der Waals surface area contributed by atoms with Crippen molar-refractivity contribution in [3.05, 3.63) is 21.9 Å². The maximum absolute atomic E-state index is 6.05. The van der Waals surface area contributed by atoms with Crippen LogP contribution in [0.4, 0.5) is 5.69 Å². The van der Waals surface area contributed by atoms with E-state index >= 15 is 0 Å². The lowest BCUT2D eigenvalue weighted by atomic mass is 10.1. The number of hydrogen-bond donors (Lipinski definition) is 2. The van der Waals surface area contributed by atoms with E-state index in [0.717, 1.165) is 23.1 Å². The highest BCUT2D eigenvalue weighted by Crippen LogP contribution is 2.24. The fourth-order valence-corrected chi connectivity index (χ4v) is 2.72. The molecule has 5 heteroatoms. The summed E-state index contributed by atoms with van der Waals surface area (Å²) in [5, 5.41) is 7.44. The molecule has 0 aromatic carbocycles. The van der Waals surface area contributed by atoms with Gasteiger partial charge in [0.05, 0.1) is 5.69 Å². The molecule has 0 radical (unpaired) electrons. The van der Waals surface area contributed by atoms with Gasteiger partial charge in [-0.3, -0.25) is 0 Å². The number of hydrogen-bond acceptors (Lipinski definition) is 3. The van der Waals surface area contributed by atoms with Crippen molar-refractivity contribution in [2.24, 2.45) is 0 Å². The van der Waals surface area contributed by atoms with Crippen LogP contribution >= 0.6 is 27.5 Å². The summed E-state index contributed by atoms with van der Waals surface area (Å²) in [5.74, 6) is 0. The Morgan fingerprint density at radius 2 is 2.53 bits per heavy atom. The van der Waals surface area contributed by atoms with E-state index in [1.165, 1.54) is 12.8 Å². The maximum Gasteiger partial charge on any atom is 0.152 e. The molecule has 2 rings (SSSR count). The van der Waals surface area contributed by atoms with Crippen LogP contribution in [0.3, 0.4) is 0 Å². The van der Waals surface area contributed by atoms with Gasteiger partial charge in [-0.15, -0.1) is 0 Å². The molecule has 1 aromatic rings. The van der Waals surface area contributed by atoms with E-state index in [1.807, 2.05) is 6.07 Å². The van der Waals surface area contributed by atoms with Crippen LogP contribution in [0.25, 0.3) is 0 Å². The standard InChI is InChI=1S/C12H17BrClN3/c1-8(5-10-3-2-4-15-10)17-11-6-9(13)7-16-12(11)14/h6-8,10,15,17H,2-5H2,1H3. The van der Waals surface area contributed by atoms with Gasteiger partial charge in [0, 0.05) is 22.8 Å². The van der Waals surface area contributed by atoms with E-state index in [2.05, 4.69) is 38.5 Å². The van der Waals surface area contributed by atoms with Gasteiger partial charge < -0.3 is 10.6 Å². The molecule has 0 aliphatic carbocycles. The summed E-state index contributed by atoms with van der Waals surface area (Å²) in [6.45, 7) is 3.33. The lowest BCUT2D eigenvalue weighted by molar-refractivity contribution is 0.523. The molecule has 1 saturated heterocycles. The molecule has 17 heavy (non-hydrogen) atoms. The summed E-state index contributed by atoms with van der Waals surface area (Å²) in [7, 11) is 0. The molecular formula is C12H17BrClN3. The molecule has 3 nitrogen and oxygen atoms in total. The first kappa shape index (κ1) is 13.1. The van der Waals surface area contributed by atoms with Crippen molar-refractivity contribution in [1.29, 1.82) is 0 Å². The van der Waals surface area contributed by atoms with Gasteiger partial charge in [0.25, 0.3) is 0 Å². The lowest BCUT2D eigenvalue weighted by Crippen LogP contribution is -2.29. The Morgan fingerprint density at radius 1 is 1.71 bits per heavy atom. The van der Waals surface area contributed by atoms with Crippen molar-refractivity contribution in [3.63, 3.8) is 0 Å². The second kappa shape index (κ2) is 6.03. The smallest absolute Gasteiger partial charge is 0.152 e. The molecule has 2 N–H and O–H groups in total. The van der Waals surface area contributed by atoms with Gasteiger partial charge in [0.1, 0.15) is 0 Å². The molecule has 0 bridgehead atoms. The quantitative estimate of drug-likeness (QED) is 0.835. The highest BCUT2D eigenvalue weighted by molar-refractivity contribution is 9.10. The zero-order chi connectivity index (χ0) is 12.3. The highest BCUT2D eigenvalue weighted by atomic mass is 79.9. The zero-order valence-corrected chi connectivity index (χ0v) is 12.2. The molecule has 2 heterocycles. The Kier molecular flexibility index (Phi) is 4.65. The van der Waals surface area contributed by atoms with Crippen LogP contribution < -0.4 is 10.6 Å². The monoisotopic (exact) mass is 317 g/mol. The minimum absolute atomic E-state index is 0.388. The van der Waals surface area contributed by atoms with Crippen LogP contribution in [-0.4, -0.2) is 23.6 Å². The minimum atomic E-state index is 0.388. The summed E-state index contributed by atoms with van der Waals surface area (Å²) >= 11 is 9.45. The Morgan fingerprint density at radius 3 is 3.24 bits per heavy atom. The second-order valence-electron chi connectivity index (χ2n) is 4.57. The summed E-state index contributed by atoms with van der Waals surface area (Å²) in [4.78, 5) is 4.10. The van der Waals surface area contributed by atoms with Gasteiger partial charge in [-0.1, -0.05) is 11.6 Å². The molecule has 1 aromatic heterocycles. The Labute approximate surface area is 115 Å². The van der Waals surface area contributed by atoms with E-state index in [1.54, 1.807) is 6.20 Å². The average molecular weight is 319 g/mol. The van der Waals surface area contributed by atoms with Gasteiger partial charge in [-0.25, -0.2) is 4.98 Å². The summed E-state index contributed by atoms with van der Waals surface area (Å²) in [6, 6.07) is 2.99. The number of pyridine rings is 1. The van der Waals surface area contributed by atoms with E-state index in [0.29, 0.717) is 17.2 Å². The molecule has 2 unspecified atom stereocenters. The van der Waals surface area contributed by atoms with Crippen LogP contribution in [0.15, 0.2) is 16.7 Å². The predicted molar refractivity (Wildman–Crippen MR) is 75.7 cm³/mol. The second-order valence-corrected chi connectivity index (χ2v) is 5.84. The first-order valence-electron chi connectivity index (χ1n) is 5.96. The molecule has 1 aliphatic heterocycles. The summed E-state index contributed by atoms with van der Waals surface area (Å²) in [6.07, 6.45) is 5.38. The van der Waals surface area contributed by atoms with Gasteiger partial charge in [-0.05, 0) is 54.7 Å². The largest absolute Gasteiger partial charge is 0.380 e. The number of anilines is 1. The Hall–Kier alpha value is -0.320. The third kappa shape index (κ3) is 3.83. The maximum atomic E-state index is 6.05. The van der Waals surface area contributed by atoms with Gasteiger partial charge in [0.15, 0.2) is 5.15 Å². The number of nitrogens with one attached hydrogen (secondary N) is 2. The molecule has 1 fully saturated rings.